The van der Waals surface area contributed by atoms with E-state index in [9.17, 15) is 0 Å². The number of rotatable bonds is 9. The number of nitrogens with zero attached hydrogens (tertiary/aromatic N) is 2. The van der Waals surface area contributed by atoms with Crippen LogP contribution >= 0.6 is 47.1 Å². The highest BCUT2D eigenvalue weighted by Gasteiger charge is 2.17. The van der Waals surface area contributed by atoms with Gasteiger partial charge >= 0.3 is 0 Å². The monoisotopic (exact) mass is 484 g/mol. The minimum atomic E-state index is 0. The molecule has 0 saturated carbocycles. The van der Waals surface area contributed by atoms with Gasteiger partial charge in [-0.3, -0.25) is 4.99 Å². The number of hydrogen-bond donors (Lipinski definition) is 2. The Bertz CT molecular complexity index is 469. The van der Waals surface area contributed by atoms with Crippen molar-refractivity contribution in [1.82, 2.24) is 15.6 Å². The van der Waals surface area contributed by atoms with Crippen LogP contribution in [0, 0.1) is 0 Å². The van der Waals surface area contributed by atoms with Crippen molar-refractivity contribution >= 4 is 53.0 Å². The van der Waals surface area contributed by atoms with E-state index in [1.54, 1.807) is 11.3 Å². The highest BCUT2D eigenvalue weighted by Crippen LogP contribution is 2.23. The van der Waals surface area contributed by atoms with Crippen molar-refractivity contribution in [3.05, 3.63) is 16.1 Å². The van der Waals surface area contributed by atoms with Gasteiger partial charge in [0.1, 0.15) is 0 Å². The fourth-order valence-electron chi connectivity index (χ4n) is 1.95. The molecule has 7 heteroatoms. The highest BCUT2D eigenvalue weighted by atomic mass is 127. The summed E-state index contributed by atoms with van der Waals surface area (Å²) in [5, 5.41) is 10.1. The Morgan fingerprint density at radius 1 is 1.29 bits per heavy atom. The second kappa shape index (κ2) is 13.2. The SMILES string of the molecule is CCNC(=NCCCCSC)NCCc1nc(C(C)(C)C)cs1.I. The summed E-state index contributed by atoms with van der Waals surface area (Å²) in [5.41, 5.74) is 1.32. The number of hydrogen-bond acceptors (Lipinski definition) is 4. The van der Waals surface area contributed by atoms with Crippen LogP contribution in [0.1, 0.15) is 51.2 Å². The van der Waals surface area contributed by atoms with Crippen LogP contribution in [0.25, 0.3) is 0 Å². The van der Waals surface area contributed by atoms with Crippen molar-refractivity contribution < 1.29 is 0 Å². The zero-order chi connectivity index (χ0) is 17.1. The number of thioether (sulfide) groups is 1. The smallest absolute Gasteiger partial charge is 0.191 e. The molecule has 0 aliphatic carbocycles. The molecule has 0 radical (unpaired) electrons. The lowest BCUT2D eigenvalue weighted by Crippen LogP contribution is -2.38. The molecule has 0 unspecified atom stereocenters. The van der Waals surface area contributed by atoms with Gasteiger partial charge in [-0.2, -0.15) is 11.8 Å². The summed E-state index contributed by atoms with van der Waals surface area (Å²) in [6.07, 6.45) is 5.48. The average molecular weight is 485 g/mol. The van der Waals surface area contributed by atoms with E-state index < -0.39 is 0 Å². The van der Waals surface area contributed by atoms with E-state index in [0.29, 0.717) is 0 Å². The molecule has 1 heterocycles. The summed E-state index contributed by atoms with van der Waals surface area (Å²) < 4.78 is 0. The van der Waals surface area contributed by atoms with Gasteiger partial charge < -0.3 is 10.6 Å². The summed E-state index contributed by atoms with van der Waals surface area (Å²) in [5.74, 6) is 2.14. The fraction of sp³-hybridized carbons (Fsp3) is 0.765. The molecule has 0 aliphatic rings. The number of unbranched alkanes of at least 4 members (excludes halogenated alkanes) is 1. The third kappa shape index (κ3) is 10.1. The maximum absolute atomic E-state index is 4.74. The first-order chi connectivity index (χ1) is 11.0. The minimum Gasteiger partial charge on any atom is -0.357 e. The van der Waals surface area contributed by atoms with Crippen LogP contribution < -0.4 is 10.6 Å². The lowest BCUT2D eigenvalue weighted by Gasteiger charge is -2.14. The molecular formula is C17H33IN4S2. The quantitative estimate of drug-likeness (QED) is 0.238. The van der Waals surface area contributed by atoms with Crippen molar-refractivity contribution in [2.45, 2.75) is 52.4 Å². The Balaban J connectivity index is 0.00000529. The van der Waals surface area contributed by atoms with Crippen LogP contribution in [-0.4, -0.2) is 42.6 Å². The zero-order valence-electron chi connectivity index (χ0n) is 15.6. The molecule has 0 aliphatic heterocycles. The van der Waals surface area contributed by atoms with Gasteiger partial charge in [0.05, 0.1) is 10.7 Å². The average Bonchev–Trinajstić information content (AvgIpc) is 2.96. The second-order valence-corrected chi connectivity index (χ2v) is 8.44. The van der Waals surface area contributed by atoms with E-state index >= 15 is 0 Å². The first-order valence-electron chi connectivity index (χ1n) is 8.43. The van der Waals surface area contributed by atoms with Crippen molar-refractivity contribution in [2.75, 3.05) is 31.6 Å². The molecule has 2 N–H and O–H groups in total. The molecule has 0 aromatic carbocycles. The summed E-state index contributed by atoms with van der Waals surface area (Å²) in [7, 11) is 0. The van der Waals surface area contributed by atoms with Gasteiger partial charge in [-0.15, -0.1) is 35.3 Å². The van der Waals surface area contributed by atoms with Crippen molar-refractivity contribution in [1.29, 1.82) is 0 Å². The summed E-state index contributed by atoms with van der Waals surface area (Å²) in [6, 6.07) is 0. The summed E-state index contributed by atoms with van der Waals surface area (Å²) >= 11 is 3.65. The van der Waals surface area contributed by atoms with Gasteiger partial charge in [-0.05, 0) is 31.8 Å². The van der Waals surface area contributed by atoms with Gasteiger partial charge in [-0.1, -0.05) is 20.8 Å². The Morgan fingerprint density at radius 2 is 2.04 bits per heavy atom. The Morgan fingerprint density at radius 3 is 2.62 bits per heavy atom. The van der Waals surface area contributed by atoms with E-state index in [4.69, 9.17) is 4.98 Å². The Labute approximate surface area is 173 Å². The normalized spacial score (nSPS) is 12.0. The van der Waals surface area contributed by atoms with E-state index in [2.05, 4.69) is 55.0 Å². The van der Waals surface area contributed by atoms with Crippen molar-refractivity contribution in [2.24, 2.45) is 4.99 Å². The first-order valence-corrected chi connectivity index (χ1v) is 10.7. The number of aromatic nitrogens is 1. The number of thiazole rings is 1. The number of aliphatic imine (C=N–C) groups is 1. The van der Waals surface area contributed by atoms with Crippen molar-refractivity contribution in [3.8, 4) is 0 Å². The van der Waals surface area contributed by atoms with E-state index in [-0.39, 0.29) is 29.4 Å². The largest absolute Gasteiger partial charge is 0.357 e. The van der Waals surface area contributed by atoms with Crippen LogP contribution in [0.3, 0.4) is 0 Å². The Kier molecular flexibility index (Phi) is 13.2. The van der Waals surface area contributed by atoms with Gasteiger partial charge in [-0.25, -0.2) is 4.98 Å². The van der Waals surface area contributed by atoms with Gasteiger partial charge in [0.25, 0.3) is 0 Å². The second-order valence-electron chi connectivity index (χ2n) is 6.51. The maximum atomic E-state index is 4.74. The van der Waals surface area contributed by atoms with Gasteiger partial charge in [0.2, 0.25) is 0 Å². The minimum absolute atomic E-state index is 0. The molecule has 140 valence electrons. The zero-order valence-corrected chi connectivity index (χ0v) is 19.6. The van der Waals surface area contributed by atoms with E-state index in [0.717, 1.165) is 38.4 Å². The number of halogens is 1. The summed E-state index contributed by atoms with van der Waals surface area (Å²) in [6.45, 7) is 11.4. The van der Waals surface area contributed by atoms with Gasteiger partial charge in [0.15, 0.2) is 5.96 Å². The van der Waals surface area contributed by atoms with Crippen LogP contribution in [0.4, 0.5) is 0 Å². The molecule has 24 heavy (non-hydrogen) atoms. The molecule has 0 fully saturated rings. The number of guanidine groups is 1. The fourth-order valence-corrected chi connectivity index (χ4v) is 3.47. The lowest BCUT2D eigenvalue weighted by molar-refractivity contribution is 0.570. The third-order valence-corrected chi connectivity index (χ3v) is 4.93. The van der Waals surface area contributed by atoms with Gasteiger partial charge in [0, 0.05) is 36.9 Å². The molecule has 0 atom stereocenters. The van der Waals surface area contributed by atoms with Crippen LogP contribution in [0.2, 0.25) is 0 Å². The molecule has 1 aromatic heterocycles. The molecule has 1 rings (SSSR count). The predicted molar refractivity (Wildman–Crippen MR) is 122 cm³/mol. The summed E-state index contributed by atoms with van der Waals surface area (Å²) in [4.78, 5) is 9.37. The van der Waals surface area contributed by atoms with E-state index in [1.165, 1.54) is 22.9 Å². The number of nitrogens with one attached hydrogen (secondary N) is 2. The third-order valence-electron chi connectivity index (χ3n) is 3.32. The van der Waals surface area contributed by atoms with Crippen molar-refractivity contribution in [3.63, 3.8) is 0 Å². The van der Waals surface area contributed by atoms with Crippen LogP contribution in [0.15, 0.2) is 10.4 Å². The molecule has 0 saturated heterocycles. The standard InChI is InChI=1S/C17H32N4S2.HI/c1-6-18-16(19-10-7-8-12-22-5)20-11-9-15-21-14(13-23-15)17(2,3)4;/h13H,6-12H2,1-5H3,(H2,18,19,20);1H. The molecular weight excluding hydrogens is 451 g/mol. The molecule has 0 bridgehead atoms. The van der Waals surface area contributed by atoms with Crippen LogP contribution in [0.5, 0.6) is 0 Å². The molecule has 1 aromatic rings. The maximum Gasteiger partial charge on any atom is 0.191 e. The van der Waals surface area contributed by atoms with Crippen LogP contribution in [-0.2, 0) is 11.8 Å². The molecule has 0 amide bonds. The highest BCUT2D eigenvalue weighted by molar-refractivity contribution is 14.0. The molecule has 0 spiro atoms. The lowest BCUT2D eigenvalue weighted by atomic mass is 9.93. The first kappa shape index (κ1) is 24.0. The Hall–Kier alpha value is -0.0200. The predicted octanol–water partition coefficient (Wildman–Crippen LogP) is 4.30. The molecule has 4 nitrogen and oxygen atoms in total. The van der Waals surface area contributed by atoms with E-state index in [1.807, 2.05) is 11.8 Å². The topological polar surface area (TPSA) is 49.3 Å².